The summed E-state index contributed by atoms with van der Waals surface area (Å²) in [6.45, 7) is 0.272. The summed E-state index contributed by atoms with van der Waals surface area (Å²) in [5.74, 6) is -5.12. The number of aromatic hydroxyl groups is 1. The van der Waals surface area contributed by atoms with Crippen molar-refractivity contribution in [1.82, 2.24) is 16.0 Å². The lowest BCUT2D eigenvalue weighted by Crippen LogP contribution is -2.59. The molecule has 0 radical (unpaired) electrons. The molecule has 1 aromatic rings. The van der Waals surface area contributed by atoms with E-state index in [1.54, 1.807) is 12.1 Å². The van der Waals surface area contributed by atoms with Gasteiger partial charge >= 0.3 is 5.97 Å². The van der Waals surface area contributed by atoms with E-state index in [9.17, 15) is 39.3 Å². The molecule has 14 nitrogen and oxygen atoms in total. The zero-order valence-corrected chi connectivity index (χ0v) is 19.0. The molecule has 0 fully saturated rings. The molecule has 0 spiro atoms. The number of hydrogen-bond acceptors (Lipinski definition) is 9. The van der Waals surface area contributed by atoms with Crippen LogP contribution in [0.2, 0.25) is 0 Å². The summed E-state index contributed by atoms with van der Waals surface area (Å²) in [7, 11) is 0. The van der Waals surface area contributed by atoms with Gasteiger partial charge in [-0.3, -0.25) is 19.2 Å². The molecule has 14 heteroatoms. The Morgan fingerprint density at radius 2 is 1.49 bits per heavy atom. The summed E-state index contributed by atoms with van der Waals surface area (Å²) in [4.78, 5) is 60.0. The van der Waals surface area contributed by atoms with Gasteiger partial charge in [-0.2, -0.15) is 0 Å². The van der Waals surface area contributed by atoms with E-state index >= 15 is 0 Å². The summed E-state index contributed by atoms with van der Waals surface area (Å²) < 4.78 is 0. The third-order valence-electron chi connectivity index (χ3n) is 4.90. The zero-order valence-electron chi connectivity index (χ0n) is 19.0. The minimum atomic E-state index is -1.69. The summed E-state index contributed by atoms with van der Waals surface area (Å²) in [5.41, 5.74) is 11.6. The molecule has 5 unspecified atom stereocenters. The monoisotopic (exact) mass is 497 g/mol. The van der Waals surface area contributed by atoms with Crippen molar-refractivity contribution < 1.29 is 44.4 Å². The van der Waals surface area contributed by atoms with Gasteiger partial charge < -0.3 is 47.8 Å². The highest BCUT2D eigenvalue weighted by Gasteiger charge is 2.31. The number of aliphatic hydroxyl groups is 2. The molecule has 0 aliphatic carbocycles. The molecular weight excluding hydrogens is 466 g/mol. The summed E-state index contributed by atoms with van der Waals surface area (Å²) in [6.07, 6.45) is -2.07. The Morgan fingerprint density at radius 3 is 1.97 bits per heavy atom. The van der Waals surface area contributed by atoms with E-state index in [0.29, 0.717) is 5.56 Å². The van der Waals surface area contributed by atoms with Crippen LogP contribution in [-0.2, 0) is 30.4 Å². The van der Waals surface area contributed by atoms with E-state index in [0.717, 1.165) is 6.92 Å². The van der Waals surface area contributed by atoms with Crippen molar-refractivity contribution in [1.29, 1.82) is 0 Å². The standard InChI is InChI=1S/C21H31N5O9/c1-10(28)17(21(34)35)26-19(32)14(6-7-16(23)30)24-20(33)15(9-27)25-18(31)13(22)8-11-2-4-12(29)5-3-11/h2-5,10,13-15,17,27-29H,6-9,22H2,1H3,(H2,23,30)(H,24,33)(H,25,31)(H,26,32)(H,34,35). The minimum Gasteiger partial charge on any atom is -0.508 e. The molecule has 11 N–H and O–H groups in total. The van der Waals surface area contributed by atoms with Crippen molar-refractivity contribution in [2.75, 3.05) is 6.61 Å². The predicted octanol–water partition coefficient (Wildman–Crippen LogP) is -3.56. The van der Waals surface area contributed by atoms with Crippen LogP contribution in [0.15, 0.2) is 24.3 Å². The molecule has 0 aromatic heterocycles. The number of aliphatic hydroxyl groups excluding tert-OH is 2. The maximum Gasteiger partial charge on any atom is 0.328 e. The normalized spacial score (nSPS) is 15.1. The summed E-state index contributed by atoms with van der Waals surface area (Å²) >= 11 is 0. The minimum absolute atomic E-state index is 0.0295. The number of phenols is 1. The Bertz CT molecular complexity index is 907. The average Bonchev–Trinajstić information content (AvgIpc) is 2.78. The van der Waals surface area contributed by atoms with Crippen LogP contribution in [0.5, 0.6) is 5.75 Å². The Kier molecular flexibility index (Phi) is 11.6. The number of phenolic OH excluding ortho intramolecular Hbond substituents is 1. The van der Waals surface area contributed by atoms with Crippen molar-refractivity contribution in [3.63, 3.8) is 0 Å². The van der Waals surface area contributed by atoms with Crippen LogP contribution in [0.1, 0.15) is 25.3 Å². The van der Waals surface area contributed by atoms with Crippen LogP contribution >= 0.6 is 0 Å². The summed E-state index contributed by atoms with van der Waals surface area (Å²) in [6, 6.07) is 0.133. The number of carbonyl (C=O) groups is 5. The Labute approximate surface area is 200 Å². The van der Waals surface area contributed by atoms with Crippen LogP contribution in [0.3, 0.4) is 0 Å². The third kappa shape index (κ3) is 9.95. The second kappa shape index (κ2) is 13.8. The lowest BCUT2D eigenvalue weighted by atomic mass is 10.1. The van der Waals surface area contributed by atoms with Gasteiger partial charge in [0.1, 0.15) is 17.8 Å². The van der Waals surface area contributed by atoms with Crippen molar-refractivity contribution in [2.24, 2.45) is 11.5 Å². The van der Waals surface area contributed by atoms with Gasteiger partial charge in [-0.15, -0.1) is 0 Å². The van der Waals surface area contributed by atoms with Crippen LogP contribution in [-0.4, -0.2) is 86.9 Å². The lowest BCUT2D eigenvalue weighted by molar-refractivity contribution is -0.145. The average molecular weight is 498 g/mol. The van der Waals surface area contributed by atoms with Crippen LogP contribution in [0.4, 0.5) is 0 Å². The predicted molar refractivity (Wildman–Crippen MR) is 120 cm³/mol. The number of aliphatic carboxylic acids is 1. The molecule has 0 aliphatic heterocycles. The molecule has 1 aromatic carbocycles. The number of nitrogens with two attached hydrogens (primary N) is 2. The van der Waals surface area contributed by atoms with E-state index in [4.69, 9.17) is 16.6 Å². The molecule has 0 saturated carbocycles. The highest BCUT2D eigenvalue weighted by molar-refractivity contribution is 5.94. The van der Waals surface area contributed by atoms with Gasteiger partial charge in [0.2, 0.25) is 23.6 Å². The van der Waals surface area contributed by atoms with Crippen molar-refractivity contribution in [3.8, 4) is 5.75 Å². The quantitative estimate of drug-likeness (QED) is 0.122. The van der Waals surface area contributed by atoms with E-state index in [-0.39, 0.29) is 25.0 Å². The first kappa shape index (κ1) is 29.3. The first-order chi connectivity index (χ1) is 16.3. The number of primary amides is 1. The Morgan fingerprint density at radius 1 is 0.943 bits per heavy atom. The molecule has 35 heavy (non-hydrogen) atoms. The highest BCUT2D eigenvalue weighted by Crippen LogP contribution is 2.11. The van der Waals surface area contributed by atoms with Crippen molar-refractivity contribution >= 4 is 29.6 Å². The molecule has 194 valence electrons. The van der Waals surface area contributed by atoms with Gasteiger partial charge in [0.25, 0.3) is 0 Å². The van der Waals surface area contributed by atoms with E-state index in [1.807, 2.05) is 5.32 Å². The van der Waals surface area contributed by atoms with E-state index < -0.39 is 66.5 Å². The smallest absolute Gasteiger partial charge is 0.328 e. The molecule has 0 aliphatic rings. The second-order valence-electron chi connectivity index (χ2n) is 7.85. The molecule has 1 rings (SSSR count). The first-order valence-electron chi connectivity index (χ1n) is 10.6. The maximum atomic E-state index is 12.6. The highest BCUT2D eigenvalue weighted by atomic mass is 16.4. The van der Waals surface area contributed by atoms with Gasteiger partial charge in [0, 0.05) is 6.42 Å². The number of amides is 4. The fraction of sp³-hybridized carbons (Fsp3) is 0.476. The number of benzene rings is 1. The van der Waals surface area contributed by atoms with Crippen LogP contribution < -0.4 is 27.4 Å². The number of hydrogen-bond donors (Lipinski definition) is 9. The SMILES string of the molecule is CC(O)C(NC(=O)C(CCC(N)=O)NC(=O)C(CO)NC(=O)C(N)Cc1ccc(O)cc1)C(=O)O. The van der Waals surface area contributed by atoms with Gasteiger partial charge in [-0.1, -0.05) is 12.1 Å². The van der Waals surface area contributed by atoms with Gasteiger partial charge in [0.15, 0.2) is 6.04 Å². The number of carbonyl (C=O) groups excluding carboxylic acids is 4. The van der Waals surface area contributed by atoms with Crippen molar-refractivity contribution in [2.45, 2.75) is 56.5 Å². The Balaban J connectivity index is 2.86. The van der Waals surface area contributed by atoms with Gasteiger partial charge in [0.05, 0.1) is 18.8 Å². The Hall–Kier alpha value is -3.75. The molecule has 4 amide bonds. The fourth-order valence-corrected chi connectivity index (χ4v) is 2.92. The number of carboxylic acids is 1. The first-order valence-corrected chi connectivity index (χ1v) is 10.6. The van der Waals surface area contributed by atoms with Gasteiger partial charge in [-0.05, 0) is 37.5 Å². The zero-order chi connectivity index (χ0) is 26.7. The largest absolute Gasteiger partial charge is 0.508 e. The third-order valence-corrected chi connectivity index (χ3v) is 4.90. The maximum absolute atomic E-state index is 12.6. The molecule has 0 bridgehead atoms. The molecule has 0 heterocycles. The van der Waals surface area contributed by atoms with E-state index in [1.165, 1.54) is 12.1 Å². The molecular formula is C21H31N5O9. The summed E-state index contributed by atoms with van der Waals surface area (Å²) in [5, 5.41) is 44.1. The van der Waals surface area contributed by atoms with Crippen LogP contribution in [0.25, 0.3) is 0 Å². The van der Waals surface area contributed by atoms with Crippen LogP contribution in [0, 0.1) is 0 Å². The number of rotatable bonds is 14. The van der Waals surface area contributed by atoms with Gasteiger partial charge in [-0.25, -0.2) is 4.79 Å². The lowest BCUT2D eigenvalue weighted by Gasteiger charge is -2.25. The topological polar surface area (TPSA) is 254 Å². The number of carboxylic acid groups (broad SMARTS) is 1. The fourth-order valence-electron chi connectivity index (χ4n) is 2.92. The molecule has 5 atom stereocenters. The second-order valence-corrected chi connectivity index (χ2v) is 7.85. The van der Waals surface area contributed by atoms with Crippen molar-refractivity contribution in [3.05, 3.63) is 29.8 Å². The molecule has 0 saturated heterocycles. The number of nitrogens with one attached hydrogen (secondary N) is 3. The van der Waals surface area contributed by atoms with E-state index in [2.05, 4.69) is 10.6 Å².